The van der Waals surface area contributed by atoms with Gasteiger partial charge in [0, 0.05) is 48.4 Å². The van der Waals surface area contributed by atoms with Gasteiger partial charge in [-0.25, -0.2) is 9.97 Å². The summed E-state index contributed by atoms with van der Waals surface area (Å²) in [7, 11) is 0. The normalized spacial score (nSPS) is 17.2. The second-order valence-electron chi connectivity index (χ2n) is 9.04. The largest absolute Gasteiger partial charge is 0.356 e. The molecule has 2 aromatic heterocycles. The quantitative estimate of drug-likeness (QED) is 0.711. The summed E-state index contributed by atoms with van der Waals surface area (Å²) in [5, 5.41) is 4.19. The summed E-state index contributed by atoms with van der Waals surface area (Å²) in [6, 6.07) is 12.1. The van der Waals surface area contributed by atoms with E-state index in [-0.39, 0.29) is 11.3 Å². The first-order valence-corrected chi connectivity index (χ1v) is 10.6. The Labute approximate surface area is 177 Å². The number of fused-ring (bicyclic) bond motifs is 1. The number of anilines is 1. The number of rotatable bonds is 4. The number of carbonyl (C=O) groups excluding carboxylic acids is 1. The second-order valence-corrected chi connectivity index (χ2v) is 9.04. The van der Waals surface area contributed by atoms with E-state index in [1.54, 1.807) is 12.4 Å². The van der Waals surface area contributed by atoms with Crippen molar-refractivity contribution in [1.29, 1.82) is 0 Å². The van der Waals surface area contributed by atoms with Crippen LogP contribution in [0.15, 0.2) is 48.8 Å². The molecule has 1 saturated heterocycles. The molecule has 0 spiro atoms. The Morgan fingerprint density at radius 3 is 2.77 bits per heavy atom. The summed E-state index contributed by atoms with van der Waals surface area (Å²) in [5.74, 6) is 2.16. The van der Waals surface area contributed by atoms with Crippen LogP contribution in [0.4, 0.5) is 5.82 Å². The average molecular weight is 404 g/mol. The monoisotopic (exact) mass is 403 g/mol. The Morgan fingerprint density at radius 1 is 1.17 bits per heavy atom. The molecule has 1 amide bonds. The standard InChI is InChI=1S/C24H29N5O/c1-24(2,3)23(30)26-14-17-8-7-13-29(16-17)22-19-10-4-5-11-20(19)27-21(28-22)18-9-6-12-25-15-18/h4-6,9-12,15,17H,7-8,13-14,16H2,1-3H3,(H,26,30). The second kappa shape index (κ2) is 8.38. The fraction of sp³-hybridized carbons (Fsp3) is 0.417. The molecule has 0 bridgehead atoms. The maximum Gasteiger partial charge on any atom is 0.225 e. The summed E-state index contributed by atoms with van der Waals surface area (Å²) in [5.41, 5.74) is 1.48. The van der Waals surface area contributed by atoms with Gasteiger partial charge in [-0.05, 0) is 43.0 Å². The summed E-state index contributed by atoms with van der Waals surface area (Å²) >= 11 is 0. The van der Waals surface area contributed by atoms with Gasteiger partial charge < -0.3 is 10.2 Å². The highest BCUT2D eigenvalue weighted by molar-refractivity contribution is 5.91. The van der Waals surface area contributed by atoms with Gasteiger partial charge in [0.15, 0.2) is 5.82 Å². The Hall–Kier alpha value is -3.02. The van der Waals surface area contributed by atoms with Gasteiger partial charge in [0.05, 0.1) is 5.52 Å². The lowest BCUT2D eigenvalue weighted by Gasteiger charge is -2.34. The van der Waals surface area contributed by atoms with Gasteiger partial charge in [-0.15, -0.1) is 0 Å². The minimum Gasteiger partial charge on any atom is -0.356 e. The van der Waals surface area contributed by atoms with E-state index in [0.29, 0.717) is 18.3 Å². The van der Waals surface area contributed by atoms with Crippen LogP contribution in [0.2, 0.25) is 0 Å². The van der Waals surface area contributed by atoms with Crippen molar-refractivity contribution in [3.63, 3.8) is 0 Å². The van der Waals surface area contributed by atoms with Crippen molar-refractivity contribution < 1.29 is 4.79 Å². The smallest absolute Gasteiger partial charge is 0.225 e. The van der Waals surface area contributed by atoms with Gasteiger partial charge in [-0.1, -0.05) is 32.9 Å². The van der Waals surface area contributed by atoms with Crippen LogP contribution >= 0.6 is 0 Å². The summed E-state index contributed by atoms with van der Waals surface area (Å²) in [6.45, 7) is 8.37. The molecule has 3 aromatic rings. The summed E-state index contributed by atoms with van der Waals surface area (Å²) < 4.78 is 0. The van der Waals surface area contributed by atoms with Gasteiger partial charge >= 0.3 is 0 Å². The first-order valence-electron chi connectivity index (χ1n) is 10.6. The molecule has 30 heavy (non-hydrogen) atoms. The van der Waals surface area contributed by atoms with Crippen molar-refractivity contribution in [2.45, 2.75) is 33.6 Å². The van der Waals surface area contributed by atoms with E-state index in [1.807, 2.05) is 51.1 Å². The Balaban J connectivity index is 1.61. The van der Waals surface area contributed by atoms with Crippen LogP contribution in [0.3, 0.4) is 0 Å². The predicted molar refractivity (Wildman–Crippen MR) is 120 cm³/mol. The molecule has 1 atom stereocenters. The molecule has 0 saturated carbocycles. The number of pyridine rings is 1. The van der Waals surface area contributed by atoms with Gasteiger partial charge in [-0.2, -0.15) is 0 Å². The highest BCUT2D eigenvalue weighted by Crippen LogP contribution is 2.30. The highest BCUT2D eigenvalue weighted by Gasteiger charge is 2.26. The van der Waals surface area contributed by atoms with Crippen LogP contribution in [0.1, 0.15) is 33.6 Å². The third-order valence-electron chi connectivity index (χ3n) is 5.55. The number of amides is 1. The third-order valence-corrected chi connectivity index (χ3v) is 5.55. The predicted octanol–water partition coefficient (Wildman–Crippen LogP) is 4.07. The van der Waals surface area contributed by atoms with Crippen LogP contribution in [0.25, 0.3) is 22.3 Å². The number of nitrogens with zero attached hydrogens (tertiary/aromatic N) is 4. The van der Waals surface area contributed by atoms with Gasteiger partial charge in [-0.3, -0.25) is 9.78 Å². The molecule has 6 nitrogen and oxygen atoms in total. The zero-order valence-electron chi connectivity index (χ0n) is 17.9. The van der Waals surface area contributed by atoms with Crippen molar-refractivity contribution in [3.05, 3.63) is 48.8 Å². The van der Waals surface area contributed by atoms with Crippen molar-refractivity contribution in [2.24, 2.45) is 11.3 Å². The summed E-state index contributed by atoms with van der Waals surface area (Å²) in [4.78, 5) is 28.6. The van der Waals surface area contributed by atoms with Gasteiger partial charge in [0.25, 0.3) is 0 Å². The Bertz CT molecular complexity index is 1030. The van der Waals surface area contributed by atoms with E-state index < -0.39 is 0 Å². The molecule has 156 valence electrons. The fourth-order valence-corrected chi connectivity index (χ4v) is 3.85. The van der Waals surface area contributed by atoms with Crippen LogP contribution in [0, 0.1) is 11.3 Å². The van der Waals surface area contributed by atoms with Crippen LogP contribution < -0.4 is 10.2 Å². The van der Waals surface area contributed by atoms with Crippen molar-refractivity contribution in [3.8, 4) is 11.4 Å². The molecule has 1 fully saturated rings. The maximum atomic E-state index is 12.3. The zero-order chi connectivity index (χ0) is 21.1. The van der Waals surface area contributed by atoms with E-state index >= 15 is 0 Å². The van der Waals surface area contributed by atoms with Crippen molar-refractivity contribution in [2.75, 3.05) is 24.5 Å². The summed E-state index contributed by atoms with van der Waals surface area (Å²) in [6.07, 6.45) is 5.75. The number of piperidine rings is 1. The number of benzene rings is 1. The number of hydrogen-bond acceptors (Lipinski definition) is 5. The minimum atomic E-state index is -0.365. The first-order chi connectivity index (χ1) is 14.4. The zero-order valence-corrected chi connectivity index (χ0v) is 17.9. The SMILES string of the molecule is CC(C)(C)C(=O)NCC1CCCN(c2nc(-c3cccnc3)nc3ccccc23)C1. The lowest BCUT2D eigenvalue weighted by molar-refractivity contribution is -0.128. The van der Waals surface area contributed by atoms with Gasteiger partial charge in [0.1, 0.15) is 5.82 Å². The van der Waals surface area contributed by atoms with Gasteiger partial charge in [0.2, 0.25) is 5.91 Å². The van der Waals surface area contributed by atoms with E-state index in [1.165, 1.54) is 0 Å². The Morgan fingerprint density at radius 2 is 2.00 bits per heavy atom. The van der Waals surface area contributed by atoms with E-state index in [2.05, 4.69) is 21.3 Å². The average Bonchev–Trinajstić information content (AvgIpc) is 2.77. The molecule has 4 rings (SSSR count). The van der Waals surface area contributed by atoms with Crippen molar-refractivity contribution in [1.82, 2.24) is 20.3 Å². The number of hydrogen-bond donors (Lipinski definition) is 1. The van der Waals surface area contributed by atoms with Crippen molar-refractivity contribution >= 4 is 22.6 Å². The number of aromatic nitrogens is 3. The van der Waals surface area contributed by atoms with Crippen LogP contribution in [-0.4, -0.2) is 40.5 Å². The molecule has 1 aliphatic heterocycles. The third kappa shape index (κ3) is 4.42. The molecular weight excluding hydrogens is 374 g/mol. The number of para-hydroxylation sites is 1. The molecule has 1 unspecified atom stereocenters. The first kappa shape index (κ1) is 20.3. The maximum absolute atomic E-state index is 12.3. The van der Waals surface area contributed by atoms with Crippen LogP contribution in [-0.2, 0) is 4.79 Å². The van der Waals surface area contributed by atoms with E-state index in [9.17, 15) is 4.79 Å². The number of nitrogens with one attached hydrogen (secondary N) is 1. The fourth-order valence-electron chi connectivity index (χ4n) is 3.85. The molecule has 1 aliphatic rings. The molecule has 3 heterocycles. The highest BCUT2D eigenvalue weighted by atomic mass is 16.2. The minimum absolute atomic E-state index is 0.103. The lowest BCUT2D eigenvalue weighted by atomic mass is 9.94. The topological polar surface area (TPSA) is 71.0 Å². The molecule has 0 radical (unpaired) electrons. The molecule has 6 heteroatoms. The lowest BCUT2D eigenvalue weighted by Crippen LogP contribution is -2.43. The molecule has 1 N–H and O–H groups in total. The van der Waals surface area contributed by atoms with Crippen LogP contribution in [0.5, 0.6) is 0 Å². The number of carbonyl (C=O) groups is 1. The van der Waals surface area contributed by atoms with E-state index in [4.69, 9.17) is 9.97 Å². The molecule has 0 aliphatic carbocycles. The molecular formula is C24H29N5O. The molecule has 1 aromatic carbocycles. The van der Waals surface area contributed by atoms with E-state index in [0.717, 1.165) is 48.2 Å². The Kier molecular flexibility index (Phi) is 5.66.